The number of aromatic nitrogens is 2. The molecule has 2 unspecified atom stereocenters. The first-order valence-corrected chi connectivity index (χ1v) is 6.96. The quantitative estimate of drug-likeness (QED) is 0.878. The maximum absolute atomic E-state index is 13.5. The zero-order valence-corrected chi connectivity index (χ0v) is 11.5. The number of hydrogen-bond donors (Lipinski definition) is 2. The Bertz CT molecular complexity index is 543. The Hall–Kier alpha value is -1.37. The maximum atomic E-state index is 13.5. The summed E-state index contributed by atoms with van der Waals surface area (Å²) in [6.07, 6.45) is 1.15. The molecule has 0 amide bonds. The van der Waals surface area contributed by atoms with E-state index in [1.54, 1.807) is 18.2 Å². The van der Waals surface area contributed by atoms with Crippen LogP contribution in [0.15, 0.2) is 24.3 Å². The van der Waals surface area contributed by atoms with Gasteiger partial charge in [0.1, 0.15) is 16.6 Å². The highest BCUT2D eigenvalue weighted by molar-refractivity contribution is 7.05. The second kappa shape index (κ2) is 6.18. The highest BCUT2D eigenvalue weighted by atomic mass is 32.1. The largest absolute Gasteiger partial charge is 0.326 e. The van der Waals surface area contributed by atoms with Gasteiger partial charge in [0.25, 0.3) is 0 Å². The molecule has 4 N–H and O–H groups in total. The van der Waals surface area contributed by atoms with Crippen LogP contribution in [0.25, 0.3) is 0 Å². The lowest BCUT2D eigenvalue weighted by Gasteiger charge is -2.14. The second-order valence-electron chi connectivity index (χ2n) is 4.41. The highest BCUT2D eigenvalue weighted by Gasteiger charge is 2.18. The van der Waals surface area contributed by atoms with E-state index < -0.39 is 0 Å². The number of halogens is 1. The van der Waals surface area contributed by atoms with E-state index in [0.717, 1.165) is 6.42 Å². The third-order valence-electron chi connectivity index (χ3n) is 3.01. The Morgan fingerprint density at radius 3 is 2.74 bits per heavy atom. The molecular weight excluding hydrogens is 263 g/mol. The molecule has 6 heteroatoms. The van der Waals surface area contributed by atoms with Crippen molar-refractivity contribution in [2.45, 2.75) is 31.8 Å². The molecule has 0 saturated carbocycles. The van der Waals surface area contributed by atoms with E-state index >= 15 is 0 Å². The summed E-state index contributed by atoms with van der Waals surface area (Å²) in [5.74, 6) is 0.345. The number of hydrogen-bond acceptors (Lipinski definition) is 5. The Labute approximate surface area is 115 Å². The van der Waals surface area contributed by atoms with Crippen molar-refractivity contribution in [3.63, 3.8) is 0 Å². The van der Waals surface area contributed by atoms with Gasteiger partial charge in [0, 0.05) is 12.5 Å². The van der Waals surface area contributed by atoms with Gasteiger partial charge in [-0.2, -0.15) is 4.37 Å². The van der Waals surface area contributed by atoms with Crippen LogP contribution in [0.4, 0.5) is 4.39 Å². The van der Waals surface area contributed by atoms with Crippen LogP contribution in [0.3, 0.4) is 0 Å². The minimum atomic E-state index is -0.308. The maximum Gasteiger partial charge on any atom is 0.147 e. The van der Waals surface area contributed by atoms with Crippen LogP contribution < -0.4 is 11.5 Å². The summed E-state index contributed by atoms with van der Waals surface area (Å²) in [6, 6.07) is 6.18. The van der Waals surface area contributed by atoms with Gasteiger partial charge in [0.15, 0.2) is 0 Å². The minimum absolute atomic E-state index is 0.130. The van der Waals surface area contributed by atoms with Crippen LogP contribution >= 0.6 is 11.5 Å². The number of benzene rings is 1. The van der Waals surface area contributed by atoms with E-state index in [4.69, 9.17) is 11.5 Å². The second-order valence-corrected chi connectivity index (χ2v) is 5.20. The zero-order valence-electron chi connectivity index (χ0n) is 10.7. The molecule has 0 bridgehead atoms. The summed E-state index contributed by atoms with van der Waals surface area (Å²) in [6.45, 7) is 1.98. The van der Waals surface area contributed by atoms with Gasteiger partial charge in [-0.25, -0.2) is 9.37 Å². The van der Waals surface area contributed by atoms with Crippen LogP contribution in [0.2, 0.25) is 0 Å². The summed E-state index contributed by atoms with van der Waals surface area (Å²) < 4.78 is 17.7. The van der Waals surface area contributed by atoms with Crippen LogP contribution in [0.1, 0.15) is 35.8 Å². The first-order chi connectivity index (χ1) is 9.11. The standard InChI is InChI=1S/C13H17FN4S/c1-2-10(15)12(16)13-17-11(18-19-13)7-8-5-3-4-6-9(8)14/h3-6,10,12H,2,7,15-16H2,1H3. The third-order valence-corrected chi connectivity index (χ3v) is 3.86. The average molecular weight is 280 g/mol. The molecule has 0 aliphatic rings. The van der Waals surface area contributed by atoms with Crippen molar-refractivity contribution < 1.29 is 4.39 Å². The van der Waals surface area contributed by atoms with Crippen molar-refractivity contribution in [3.8, 4) is 0 Å². The van der Waals surface area contributed by atoms with E-state index in [2.05, 4.69) is 9.36 Å². The molecule has 2 atom stereocenters. The molecule has 0 aliphatic heterocycles. The molecule has 0 radical (unpaired) electrons. The van der Waals surface area contributed by atoms with Crippen molar-refractivity contribution >= 4 is 11.5 Å². The Morgan fingerprint density at radius 1 is 1.32 bits per heavy atom. The highest BCUT2D eigenvalue weighted by Crippen LogP contribution is 2.19. The topological polar surface area (TPSA) is 77.8 Å². The molecule has 0 saturated heterocycles. The van der Waals surface area contributed by atoms with Gasteiger partial charge in [-0.15, -0.1) is 0 Å². The SMILES string of the molecule is CCC(N)C(N)c1nc(Cc2ccccc2F)ns1. The summed E-state index contributed by atoms with van der Waals surface area (Å²) in [7, 11) is 0. The molecule has 1 aromatic carbocycles. The summed E-state index contributed by atoms with van der Waals surface area (Å²) in [5, 5.41) is 0.709. The fourth-order valence-electron chi connectivity index (χ4n) is 1.72. The lowest BCUT2D eigenvalue weighted by molar-refractivity contribution is 0.529. The van der Waals surface area contributed by atoms with E-state index in [0.29, 0.717) is 22.8 Å². The average Bonchev–Trinajstić information content (AvgIpc) is 2.88. The van der Waals surface area contributed by atoms with Crippen LogP contribution in [0, 0.1) is 5.82 Å². The number of nitrogens with zero attached hydrogens (tertiary/aromatic N) is 2. The first-order valence-electron chi connectivity index (χ1n) is 6.18. The molecule has 0 fully saturated rings. The van der Waals surface area contributed by atoms with Crippen LogP contribution in [-0.4, -0.2) is 15.4 Å². The molecule has 0 spiro atoms. The smallest absolute Gasteiger partial charge is 0.147 e. The number of nitrogens with two attached hydrogens (primary N) is 2. The molecule has 4 nitrogen and oxygen atoms in total. The van der Waals surface area contributed by atoms with Crippen LogP contribution in [0.5, 0.6) is 0 Å². The van der Waals surface area contributed by atoms with Gasteiger partial charge in [0.2, 0.25) is 0 Å². The fourth-order valence-corrected chi connectivity index (χ4v) is 2.47. The minimum Gasteiger partial charge on any atom is -0.326 e. The summed E-state index contributed by atoms with van der Waals surface area (Å²) >= 11 is 1.24. The molecule has 2 aromatic rings. The molecule has 2 rings (SSSR count). The monoisotopic (exact) mass is 280 g/mol. The molecule has 0 aliphatic carbocycles. The first kappa shape index (κ1) is 14.0. The fraction of sp³-hybridized carbons (Fsp3) is 0.385. The number of rotatable bonds is 5. The zero-order chi connectivity index (χ0) is 13.8. The van der Waals surface area contributed by atoms with Crippen molar-refractivity contribution in [1.29, 1.82) is 0 Å². The van der Waals surface area contributed by atoms with E-state index in [1.807, 2.05) is 6.92 Å². The predicted molar refractivity (Wildman–Crippen MR) is 74.3 cm³/mol. The van der Waals surface area contributed by atoms with Gasteiger partial charge in [-0.05, 0) is 29.6 Å². The van der Waals surface area contributed by atoms with Crippen molar-refractivity contribution in [2.24, 2.45) is 11.5 Å². The van der Waals surface area contributed by atoms with Gasteiger partial charge >= 0.3 is 0 Å². The van der Waals surface area contributed by atoms with Crippen molar-refractivity contribution in [2.75, 3.05) is 0 Å². The summed E-state index contributed by atoms with van der Waals surface area (Å²) in [4.78, 5) is 4.35. The normalized spacial score (nSPS) is 14.3. The third kappa shape index (κ3) is 3.34. The Morgan fingerprint density at radius 2 is 2.05 bits per heavy atom. The van der Waals surface area contributed by atoms with Gasteiger partial charge in [-0.1, -0.05) is 25.1 Å². The van der Waals surface area contributed by atoms with Crippen LogP contribution in [-0.2, 0) is 6.42 Å². The van der Waals surface area contributed by atoms with Crippen molar-refractivity contribution in [3.05, 3.63) is 46.5 Å². The molecule has 1 aromatic heterocycles. The van der Waals surface area contributed by atoms with Gasteiger partial charge < -0.3 is 11.5 Å². The van der Waals surface area contributed by atoms with E-state index in [1.165, 1.54) is 17.6 Å². The van der Waals surface area contributed by atoms with E-state index in [9.17, 15) is 4.39 Å². The Kier molecular flexibility index (Phi) is 4.57. The Balaban J connectivity index is 2.12. The summed E-state index contributed by atoms with van der Waals surface area (Å²) in [5.41, 5.74) is 12.5. The molecular formula is C13H17FN4S. The lowest BCUT2D eigenvalue weighted by atomic mass is 10.1. The van der Waals surface area contributed by atoms with Gasteiger partial charge in [0.05, 0.1) is 6.04 Å². The van der Waals surface area contributed by atoms with Gasteiger partial charge in [-0.3, -0.25) is 0 Å². The lowest BCUT2D eigenvalue weighted by Crippen LogP contribution is -2.33. The molecule has 1 heterocycles. The van der Waals surface area contributed by atoms with Crippen molar-refractivity contribution in [1.82, 2.24) is 9.36 Å². The molecule has 102 valence electrons. The van der Waals surface area contributed by atoms with E-state index in [-0.39, 0.29) is 17.9 Å². The molecule has 19 heavy (non-hydrogen) atoms. The predicted octanol–water partition coefficient (Wildman–Crippen LogP) is 2.01.